The molecule has 2 heterocycles. The number of ether oxygens (including phenoxy) is 1. The van der Waals surface area contributed by atoms with Crippen LogP contribution in [0.4, 0.5) is 8.78 Å². The molecule has 136 valence electrons. The molecule has 0 unspecified atom stereocenters. The number of aromatic nitrogens is 3. The number of nitrogens with zero attached hydrogens (tertiary/aromatic N) is 3. The van der Waals surface area contributed by atoms with Crippen LogP contribution in [0.15, 0.2) is 59.4 Å². The molecule has 2 aromatic heterocycles. The predicted octanol–water partition coefficient (Wildman–Crippen LogP) is 3.71. The number of halogens is 2. The molecule has 0 saturated carbocycles. The van der Waals surface area contributed by atoms with Crippen LogP contribution in [0.1, 0.15) is 5.69 Å². The Labute approximate surface area is 152 Å². The van der Waals surface area contributed by atoms with Crippen molar-refractivity contribution in [3.63, 3.8) is 0 Å². The van der Waals surface area contributed by atoms with Crippen LogP contribution < -0.4 is 0 Å². The van der Waals surface area contributed by atoms with Crippen molar-refractivity contribution >= 4 is 17.0 Å². The second-order valence-corrected chi connectivity index (χ2v) is 5.83. The average Bonchev–Trinajstić information content (AvgIpc) is 3.28. The van der Waals surface area contributed by atoms with E-state index in [1.165, 1.54) is 12.1 Å². The molecule has 0 amide bonds. The van der Waals surface area contributed by atoms with E-state index < -0.39 is 17.6 Å². The van der Waals surface area contributed by atoms with Crippen molar-refractivity contribution in [2.45, 2.75) is 13.2 Å². The first-order chi connectivity index (χ1) is 13.1. The zero-order chi connectivity index (χ0) is 18.8. The maximum absolute atomic E-state index is 13.8. The molecule has 8 heteroatoms. The Morgan fingerprint density at radius 3 is 2.85 bits per heavy atom. The van der Waals surface area contributed by atoms with E-state index in [1.807, 2.05) is 24.3 Å². The quantitative estimate of drug-likeness (QED) is 0.502. The molecule has 0 N–H and O–H groups in total. The van der Waals surface area contributed by atoms with Crippen LogP contribution >= 0.6 is 0 Å². The number of carbonyl (C=O) groups excluding carboxylic acids is 1. The molecule has 4 aromatic rings. The van der Waals surface area contributed by atoms with Crippen molar-refractivity contribution in [2.24, 2.45) is 0 Å². The molecule has 0 aliphatic heterocycles. The summed E-state index contributed by atoms with van der Waals surface area (Å²) in [5, 5.41) is 3.74. The first-order valence-electron chi connectivity index (χ1n) is 8.06. The summed E-state index contributed by atoms with van der Waals surface area (Å²) in [6, 6.07) is 12.0. The predicted molar refractivity (Wildman–Crippen MR) is 91.4 cm³/mol. The van der Waals surface area contributed by atoms with Crippen molar-refractivity contribution in [3.05, 3.63) is 72.2 Å². The van der Waals surface area contributed by atoms with E-state index >= 15 is 0 Å². The SMILES string of the molecule is O=C(Cn1cnc2ccccc21)OCc1cc(-c2ccc(F)cc2F)on1. The largest absolute Gasteiger partial charge is 0.458 e. The molecular weight excluding hydrogens is 356 g/mol. The highest BCUT2D eigenvalue weighted by Crippen LogP contribution is 2.24. The summed E-state index contributed by atoms with van der Waals surface area (Å²) < 4.78 is 38.7. The standard InChI is InChI=1S/C19H13F2N3O3/c20-12-5-6-14(15(21)7-12)18-8-13(23-27-18)10-26-19(25)9-24-11-22-16-3-1-2-4-17(16)24/h1-8,11H,9-10H2. The molecule has 0 radical (unpaired) electrons. The summed E-state index contributed by atoms with van der Waals surface area (Å²) >= 11 is 0. The molecule has 4 rings (SSSR count). The van der Waals surface area contributed by atoms with Crippen LogP contribution in [0.25, 0.3) is 22.4 Å². The number of imidazole rings is 1. The van der Waals surface area contributed by atoms with Gasteiger partial charge in [-0.15, -0.1) is 0 Å². The molecule has 0 spiro atoms. The molecule has 0 bridgehead atoms. The Kier molecular flexibility index (Phi) is 4.37. The van der Waals surface area contributed by atoms with Crippen LogP contribution in [0.3, 0.4) is 0 Å². The highest BCUT2D eigenvalue weighted by Gasteiger charge is 2.14. The second kappa shape index (κ2) is 6.99. The maximum atomic E-state index is 13.8. The molecule has 0 aliphatic carbocycles. The van der Waals surface area contributed by atoms with E-state index in [4.69, 9.17) is 9.26 Å². The third kappa shape index (κ3) is 3.55. The van der Waals surface area contributed by atoms with Crippen LogP contribution in [0.2, 0.25) is 0 Å². The molecule has 6 nitrogen and oxygen atoms in total. The van der Waals surface area contributed by atoms with Gasteiger partial charge in [0, 0.05) is 12.1 Å². The van der Waals surface area contributed by atoms with Crippen molar-refractivity contribution in [1.29, 1.82) is 0 Å². The minimum atomic E-state index is -0.762. The van der Waals surface area contributed by atoms with Gasteiger partial charge in [-0.2, -0.15) is 0 Å². The first kappa shape index (κ1) is 16.9. The fraction of sp³-hybridized carbons (Fsp3) is 0.105. The molecule has 2 aromatic carbocycles. The van der Waals surface area contributed by atoms with Gasteiger partial charge in [0.2, 0.25) is 0 Å². The Bertz CT molecular complexity index is 1120. The summed E-state index contributed by atoms with van der Waals surface area (Å²) in [5.41, 5.74) is 2.00. The van der Waals surface area contributed by atoms with E-state index in [-0.39, 0.29) is 24.5 Å². The minimum absolute atomic E-state index is 0.00217. The smallest absolute Gasteiger partial charge is 0.326 e. The monoisotopic (exact) mass is 369 g/mol. The number of esters is 1. The summed E-state index contributed by atoms with van der Waals surface area (Å²) in [6.45, 7) is -0.129. The Balaban J connectivity index is 1.40. The van der Waals surface area contributed by atoms with Gasteiger partial charge >= 0.3 is 5.97 Å². The highest BCUT2D eigenvalue weighted by molar-refractivity contribution is 5.78. The molecule has 0 atom stereocenters. The average molecular weight is 369 g/mol. The van der Waals surface area contributed by atoms with E-state index in [1.54, 1.807) is 10.9 Å². The number of hydrogen-bond donors (Lipinski definition) is 0. The van der Waals surface area contributed by atoms with E-state index in [0.717, 1.165) is 23.2 Å². The maximum Gasteiger partial charge on any atom is 0.326 e. The van der Waals surface area contributed by atoms with E-state index in [0.29, 0.717) is 5.69 Å². The van der Waals surface area contributed by atoms with Gasteiger partial charge in [-0.25, -0.2) is 13.8 Å². The second-order valence-electron chi connectivity index (χ2n) is 5.83. The van der Waals surface area contributed by atoms with Gasteiger partial charge in [-0.05, 0) is 24.3 Å². The van der Waals surface area contributed by atoms with Gasteiger partial charge in [0.15, 0.2) is 5.76 Å². The number of rotatable bonds is 5. The Morgan fingerprint density at radius 2 is 2.00 bits per heavy atom. The Hall–Kier alpha value is -3.55. The zero-order valence-corrected chi connectivity index (χ0v) is 13.9. The number of para-hydroxylation sites is 2. The molecule has 0 aliphatic rings. The van der Waals surface area contributed by atoms with Gasteiger partial charge in [0.1, 0.15) is 30.5 Å². The Morgan fingerprint density at radius 1 is 1.15 bits per heavy atom. The normalized spacial score (nSPS) is 11.0. The minimum Gasteiger partial charge on any atom is -0.458 e. The lowest BCUT2D eigenvalue weighted by atomic mass is 10.1. The van der Waals surface area contributed by atoms with Crippen LogP contribution in [-0.4, -0.2) is 20.7 Å². The lowest BCUT2D eigenvalue weighted by molar-refractivity contribution is -0.145. The van der Waals surface area contributed by atoms with Gasteiger partial charge in [0.25, 0.3) is 0 Å². The number of fused-ring (bicyclic) bond motifs is 1. The van der Waals surface area contributed by atoms with Gasteiger partial charge in [-0.3, -0.25) is 4.79 Å². The van der Waals surface area contributed by atoms with Crippen molar-refractivity contribution in [3.8, 4) is 11.3 Å². The molecule has 0 fully saturated rings. The highest BCUT2D eigenvalue weighted by atomic mass is 19.1. The summed E-state index contributed by atoms with van der Waals surface area (Å²) in [4.78, 5) is 16.3. The number of hydrogen-bond acceptors (Lipinski definition) is 5. The van der Waals surface area contributed by atoms with E-state index in [9.17, 15) is 13.6 Å². The van der Waals surface area contributed by atoms with Crippen molar-refractivity contribution in [2.75, 3.05) is 0 Å². The van der Waals surface area contributed by atoms with Crippen molar-refractivity contribution < 1.29 is 22.8 Å². The fourth-order valence-corrected chi connectivity index (χ4v) is 2.67. The lowest BCUT2D eigenvalue weighted by Gasteiger charge is -2.04. The van der Waals surface area contributed by atoms with E-state index in [2.05, 4.69) is 10.1 Å². The third-order valence-electron chi connectivity index (χ3n) is 3.96. The lowest BCUT2D eigenvalue weighted by Crippen LogP contribution is -2.12. The molecule has 27 heavy (non-hydrogen) atoms. The number of carbonyl (C=O) groups is 1. The van der Waals surface area contributed by atoms with Gasteiger partial charge in [0.05, 0.1) is 22.9 Å². The van der Waals surface area contributed by atoms with Gasteiger partial charge < -0.3 is 13.8 Å². The molecule has 0 saturated heterocycles. The molecular formula is C19H13F2N3O3. The van der Waals surface area contributed by atoms with Crippen LogP contribution in [0.5, 0.6) is 0 Å². The van der Waals surface area contributed by atoms with Crippen LogP contribution in [0, 0.1) is 11.6 Å². The van der Waals surface area contributed by atoms with Gasteiger partial charge in [-0.1, -0.05) is 17.3 Å². The summed E-state index contributed by atoms with van der Waals surface area (Å²) in [6.07, 6.45) is 1.57. The first-order valence-corrected chi connectivity index (χ1v) is 8.06. The van der Waals surface area contributed by atoms with Crippen molar-refractivity contribution in [1.82, 2.24) is 14.7 Å². The summed E-state index contributed by atoms with van der Waals surface area (Å²) in [7, 11) is 0. The van der Waals surface area contributed by atoms with Crippen LogP contribution in [-0.2, 0) is 22.7 Å². The zero-order valence-electron chi connectivity index (χ0n) is 13.9. The topological polar surface area (TPSA) is 70.2 Å². The fourth-order valence-electron chi connectivity index (χ4n) is 2.67. The third-order valence-corrected chi connectivity index (χ3v) is 3.96. The number of benzene rings is 2. The summed E-state index contributed by atoms with van der Waals surface area (Å²) in [5.74, 6) is -1.80.